The van der Waals surface area contributed by atoms with Crippen molar-refractivity contribution in [2.75, 3.05) is 18.0 Å². The van der Waals surface area contributed by atoms with Crippen molar-refractivity contribution < 1.29 is 9.72 Å². The van der Waals surface area contributed by atoms with Crippen molar-refractivity contribution in [3.05, 3.63) is 33.9 Å². The molecule has 0 bridgehead atoms. The molecule has 0 radical (unpaired) electrons. The van der Waals surface area contributed by atoms with E-state index in [9.17, 15) is 14.9 Å². The molecule has 1 heterocycles. The van der Waals surface area contributed by atoms with Crippen LogP contribution in [0, 0.1) is 10.1 Å². The van der Waals surface area contributed by atoms with Gasteiger partial charge in [-0.2, -0.15) is 0 Å². The van der Waals surface area contributed by atoms with Crippen molar-refractivity contribution in [3.63, 3.8) is 0 Å². The van der Waals surface area contributed by atoms with Gasteiger partial charge in [-0.1, -0.05) is 0 Å². The van der Waals surface area contributed by atoms with Crippen LogP contribution in [0.25, 0.3) is 0 Å². The highest BCUT2D eigenvalue weighted by Gasteiger charge is 2.17. The lowest BCUT2D eigenvalue weighted by atomic mass is 10.1. The van der Waals surface area contributed by atoms with Gasteiger partial charge in [0.2, 0.25) is 0 Å². The summed E-state index contributed by atoms with van der Waals surface area (Å²) in [5.41, 5.74) is 1.18. The first-order valence-corrected chi connectivity index (χ1v) is 5.71. The summed E-state index contributed by atoms with van der Waals surface area (Å²) in [6.07, 6.45) is 4.11. The first-order valence-electron chi connectivity index (χ1n) is 5.71. The fraction of sp³-hybridized carbons (Fsp3) is 0.417. The van der Waals surface area contributed by atoms with Gasteiger partial charge in [-0.05, 0) is 25.3 Å². The summed E-state index contributed by atoms with van der Waals surface area (Å²) in [7, 11) is 0. The van der Waals surface area contributed by atoms with Crippen molar-refractivity contribution in [1.82, 2.24) is 0 Å². The van der Waals surface area contributed by atoms with Crippen LogP contribution in [0.2, 0.25) is 0 Å². The molecule has 0 amide bonds. The van der Waals surface area contributed by atoms with Crippen LogP contribution in [0.15, 0.2) is 18.2 Å². The smallest absolute Gasteiger partial charge is 0.270 e. The van der Waals surface area contributed by atoms with Crippen LogP contribution in [0.4, 0.5) is 11.4 Å². The summed E-state index contributed by atoms with van der Waals surface area (Å²) in [5.74, 6) is 0. The van der Waals surface area contributed by atoms with Crippen molar-refractivity contribution in [1.29, 1.82) is 0 Å². The van der Waals surface area contributed by atoms with Gasteiger partial charge in [-0.15, -0.1) is 0 Å². The standard InChI is InChI=1S/C12H14N2O3/c15-9-10-8-11(14(16)17)4-5-12(10)13-6-2-1-3-7-13/h4-5,8-9H,1-3,6-7H2. The maximum atomic E-state index is 11.0. The molecule has 0 spiro atoms. The van der Waals surface area contributed by atoms with Crippen molar-refractivity contribution >= 4 is 17.7 Å². The molecule has 1 aromatic carbocycles. The molecule has 0 aliphatic carbocycles. The molecule has 0 unspecified atom stereocenters. The highest BCUT2D eigenvalue weighted by Crippen LogP contribution is 2.26. The van der Waals surface area contributed by atoms with Gasteiger partial charge < -0.3 is 4.90 Å². The number of hydrogen-bond donors (Lipinski definition) is 0. The number of benzene rings is 1. The first-order chi connectivity index (χ1) is 8.22. The average molecular weight is 234 g/mol. The SMILES string of the molecule is O=Cc1cc([N+](=O)[O-])ccc1N1CCCCC1. The second kappa shape index (κ2) is 4.95. The third-order valence-corrected chi connectivity index (χ3v) is 3.05. The van der Waals surface area contributed by atoms with Gasteiger partial charge in [-0.3, -0.25) is 14.9 Å². The number of nitrogens with zero attached hydrogens (tertiary/aromatic N) is 2. The molecule has 0 N–H and O–H groups in total. The van der Waals surface area contributed by atoms with Crippen LogP contribution >= 0.6 is 0 Å². The van der Waals surface area contributed by atoms with Crippen molar-refractivity contribution in [2.45, 2.75) is 19.3 Å². The minimum Gasteiger partial charge on any atom is -0.371 e. The molecule has 1 fully saturated rings. The Morgan fingerprint density at radius 1 is 1.24 bits per heavy atom. The molecule has 2 rings (SSSR count). The van der Waals surface area contributed by atoms with Crippen LogP contribution in [0.5, 0.6) is 0 Å². The predicted octanol–water partition coefficient (Wildman–Crippen LogP) is 2.40. The Balaban J connectivity index is 2.33. The maximum Gasteiger partial charge on any atom is 0.270 e. The van der Waals surface area contributed by atoms with E-state index < -0.39 is 4.92 Å². The number of nitro groups is 1. The number of rotatable bonds is 3. The zero-order chi connectivity index (χ0) is 12.3. The monoisotopic (exact) mass is 234 g/mol. The molecular formula is C12H14N2O3. The van der Waals surface area contributed by atoms with Crippen LogP contribution in [-0.4, -0.2) is 24.3 Å². The number of piperidine rings is 1. The Morgan fingerprint density at radius 3 is 2.53 bits per heavy atom. The van der Waals surface area contributed by atoms with E-state index in [2.05, 4.69) is 4.90 Å². The Labute approximate surface area is 99.2 Å². The van der Waals surface area contributed by atoms with Crippen molar-refractivity contribution in [2.24, 2.45) is 0 Å². The molecule has 5 heteroatoms. The van der Waals surface area contributed by atoms with Gasteiger partial charge in [0, 0.05) is 36.5 Å². The summed E-state index contributed by atoms with van der Waals surface area (Å²) >= 11 is 0. The van der Waals surface area contributed by atoms with Gasteiger partial charge in [-0.25, -0.2) is 0 Å². The van der Waals surface area contributed by atoms with Gasteiger partial charge in [0.1, 0.15) is 0 Å². The number of non-ortho nitro benzene ring substituents is 1. The van der Waals surface area contributed by atoms with Crippen LogP contribution < -0.4 is 4.90 Å². The lowest BCUT2D eigenvalue weighted by Gasteiger charge is -2.29. The second-order valence-electron chi connectivity index (χ2n) is 4.17. The summed E-state index contributed by atoms with van der Waals surface area (Å²) in [6.45, 7) is 1.83. The van der Waals surface area contributed by atoms with E-state index in [0.29, 0.717) is 11.8 Å². The average Bonchev–Trinajstić information content (AvgIpc) is 2.39. The van der Waals surface area contributed by atoms with Gasteiger partial charge in [0.15, 0.2) is 6.29 Å². The maximum absolute atomic E-state index is 11.0. The van der Waals surface area contributed by atoms with Gasteiger partial charge in [0.25, 0.3) is 5.69 Å². The molecule has 17 heavy (non-hydrogen) atoms. The molecule has 1 saturated heterocycles. The summed E-state index contributed by atoms with van der Waals surface area (Å²) in [4.78, 5) is 23.3. The largest absolute Gasteiger partial charge is 0.371 e. The fourth-order valence-corrected chi connectivity index (χ4v) is 2.17. The fourth-order valence-electron chi connectivity index (χ4n) is 2.17. The van der Waals surface area contributed by atoms with E-state index in [0.717, 1.165) is 31.6 Å². The summed E-state index contributed by atoms with van der Waals surface area (Å²) in [6, 6.07) is 4.47. The number of aldehydes is 1. The third-order valence-electron chi connectivity index (χ3n) is 3.05. The van der Waals surface area contributed by atoms with Crippen molar-refractivity contribution in [3.8, 4) is 0 Å². The molecule has 1 aliphatic heterocycles. The van der Waals surface area contributed by atoms with Crippen LogP contribution in [0.1, 0.15) is 29.6 Å². The third kappa shape index (κ3) is 2.43. The Kier molecular flexibility index (Phi) is 3.37. The molecule has 90 valence electrons. The number of carbonyl (C=O) groups is 1. The Hall–Kier alpha value is -1.91. The number of hydrogen-bond acceptors (Lipinski definition) is 4. The van der Waals surface area contributed by atoms with E-state index in [-0.39, 0.29) is 5.69 Å². The molecule has 0 saturated carbocycles. The molecule has 0 atom stereocenters. The van der Waals surface area contributed by atoms with E-state index >= 15 is 0 Å². The van der Waals surface area contributed by atoms with Crippen LogP contribution in [0.3, 0.4) is 0 Å². The van der Waals surface area contributed by atoms with Gasteiger partial charge >= 0.3 is 0 Å². The highest BCUT2D eigenvalue weighted by atomic mass is 16.6. The molecular weight excluding hydrogens is 220 g/mol. The zero-order valence-electron chi connectivity index (χ0n) is 9.46. The number of nitro benzene ring substituents is 1. The summed E-state index contributed by atoms with van der Waals surface area (Å²) in [5, 5.41) is 10.6. The quantitative estimate of drug-likeness (QED) is 0.457. The predicted molar refractivity (Wildman–Crippen MR) is 64.5 cm³/mol. The topological polar surface area (TPSA) is 63.4 Å². The minimum absolute atomic E-state index is 0.0344. The zero-order valence-corrected chi connectivity index (χ0v) is 9.46. The summed E-state index contributed by atoms with van der Waals surface area (Å²) < 4.78 is 0. The van der Waals surface area contributed by atoms with Crippen LogP contribution in [-0.2, 0) is 0 Å². The van der Waals surface area contributed by atoms with Gasteiger partial charge in [0.05, 0.1) is 4.92 Å². The van der Waals surface area contributed by atoms with E-state index in [4.69, 9.17) is 0 Å². The number of carbonyl (C=O) groups excluding carboxylic acids is 1. The van der Waals surface area contributed by atoms with E-state index in [1.165, 1.54) is 18.6 Å². The lowest BCUT2D eigenvalue weighted by Crippen LogP contribution is -2.30. The molecule has 5 nitrogen and oxygen atoms in total. The molecule has 1 aliphatic rings. The van der Waals surface area contributed by atoms with E-state index in [1.807, 2.05) is 0 Å². The normalized spacial score (nSPS) is 15.6. The number of anilines is 1. The van der Waals surface area contributed by atoms with E-state index in [1.54, 1.807) is 6.07 Å². The lowest BCUT2D eigenvalue weighted by molar-refractivity contribution is -0.384. The Morgan fingerprint density at radius 2 is 1.94 bits per heavy atom. The minimum atomic E-state index is -0.479. The Bertz CT molecular complexity index is 439. The first kappa shape index (κ1) is 11.6. The second-order valence-corrected chi connectivity index (χ2v) is 4.17. The molecule has 0 aromatic heterocycles. The molecule has 1 aromatic rings. The highest BCUT2D eigenvalue weighted by molar-refractivity contribution is 5.86.